The lowest BCUT2D eigenvalue weighted by Gasteiger charge is -2.33. The van der Waals surface area contributed by atoms with Crippen molar-refractivity contribution in [1.29, 1.82) is 0 Å². The molecule has 2 N–H and O–H groups in total. The summed E-state index contributed by atoms with van der Waals surface area (Å²) in [5.74, 6) is -3.78. The summed E-state index contributed by atoms with van der Waals surface area (Å²) in [7, 11) is 0. The smallest absolute Gasteiger partial charge is 0.325 e. The fraction of sp³-hybridized carbons (Fsp3) is 0.250. The van der Waals surface area contributed by atoms with Crippen LogP contribution in [0.25, 0.3) is 0 Å². The minimum atomic E-state index is -2.03. The summed E-state index contributed by atoms with van der Waals surface area (Å²) >= 11 is 0. The Morgan fingerprint density at radius 3 is 2.65 bits per heavy atom. The van der Waals surface area contributed by atoms with Crippen LogP contribution in [0.5, 0.6) is 0 Å². The molecule has 3 aromatic rings. The predicted octanol–water partition coefficient (Wildman–Crippen LogP) is 1.31. The summed E-state index contributed by atoms with van der Waals surface area (Å²) in [6.07, 6.45) is 4.22. The molecule has 1 unspecified atom stereocenters. The molecule has 0 amide bonds. The maximum atomic E-state index is 14.4. The third-order valence-corrected chi connectivity index (χ3v) is 4.20. The second-order valence-corrected chi connectivity index (χ2v) is 5.85. The van der Waals surface area contributed by atoms with E-state index in [2.05, 4.69) is 15.1 Å². The minimum Gasteiger partial charge on any atom is -0.382 e. The normalized spacial score (nSPS) is 14.8. The number of halogens is 3. The van der Waals surface area contributed by atoms with Gasteiger partial charge in [0.05, 0.1) is 12.5 Å². The van der Waals surface area contributed by atoms with Crippen LogP contribution in [0.2, 0.25) is 0 Å². The predicted molar refractivity (Wildman–Crippen MR) is 80.3 cm³/mol. The number of nitrogens with zero attached hydrogens (tertiary/aromatic N) is 5. The van der Waals surface area contributed by atoms with E-state index < -0.39 is 29.0 Å². The Labute approximate surface area is 146 Å². The van der Waals surface area contributed by atoms with Crippen molar-refractivity contribution < 1.29 is 28.2 Å². The van der Waals surface area contributed by atoms with Crippen molar-refractivity contribution in [3.05, 3.63) is 72.1 Å². The summed E-state index contributed by atoms with van der Waals surface area (Å²) in [5, 5.41) is 24.4. The summed E-state index contributed by atoms with van der Waals surface area (Å²) in [5.41, 5.74) is -2.48. The van der Waals surface area contributed by atoms with Gasteiger partial charge in [0.1, 0.15) is 29.9 Å². The number of benzene rings is 1. The zero-order chi connectivity index (χ0) is 18.9. The summed E-state index contributed by atoms with van der Waals surface area (Å²) < 4.78 is 43.6. The number of hydrogen-bond acceptors (Lipinski definition) is 5. The molecule has 2 atom stereocenters. The first-order valence-corrected chi connectivity index (χ1v) is 7.57. The van der Waals surface area contributed by atoms with Gasteiger partial charge in [-0.05, 0) is 11.1 Å². The molecule has 1 aromatic carbocycles. The molecule has 2 heterocycles. The Hall–Kier alpha value is -3.01. The van der Waals surface area contributed by atoms with Gasteiger partial charge >= 0.3 is 6.33 Å². The van der Waals surface area contributed by atoms with Gasteiger partial charge in [-0.3, -0.25) is 0 Å². The molecule has 3 rings (SSSR count). The van der Waals surface area contributed by atoms with Crippen LogP contribution in [0.1, 0.15) is 24.1 Å². The molecule has 0 saturated carbocycles. The molecule has 7 nitrogen and oxygen atoms in total. The van der Waals surface area contributed by atoms with E-state index in [9.17, 15) is 23.5 Å². The highest BCUT2D eigenvalue weighted by Crippen LogP contribution is 2.39. The van der Waals surface area contributed by atoms with Gasteiger partial charge in [0.15, 0.2) is 11.9 Å². The summed E-state index contributed by atoms with van der Waals surface area (Å²) in [4.78, 5) is 7.54. The summed E-state index contributed by atoms with van der Waals surface area (Å²) in [6, 6.07) is 2.71. The monoisotopic (exact) mass is 366 g/mol. The van der Waals surface area contributed by atoms with Crippen molar-refractivity contribution in [2.24, 2.45) is 0 Å². The highest BCUT2D eigenvalue weighted by Gasteiger charge is 2.43. The van der Waals surface area contributed by atoms with Gasteiger partial charge in [-0.25, -0.2) is 18.4 Å². The van der Waals surface area contributed by atoms with Gasteiger partial charge in [0.2, 0.25) is 5.82 Å². The summed E-state index contributed by atoms with van der Waals surface area (Å²) in [6.45, 7) is 1.15. The fourth-order valence-electron chi connectivity index (χ4n) is 2.80. The highest BCUT2D eigenvalue weighted by atomic mass is 19.1. The lowest BCUT2D eigenvalue weighted by Crippen LogP contribution is -2.40. The molecule has 10 heteroatoms. The van der Waals surface area contributed by atoms with E-state index in [-0.39, 0.29) is 17.8 Å². The van der Waals surface area contributed by atoms with Gasteiger partial charge in [-0.2, -0.15) is 9.49 Å². The second-order valence-electron chi connectivity index (χ2n) is 5.85. The van der Waals surface area contributed by atoms with E-state index in [1.165, 1.54) is 24.3 Å². The first kappa shape index (κ1) is 17.8. The average Bonchev–Trinajstić information content (AvgIpc) is 3.06. The Morgan fingerprint density at radius 2 is 2.04 bits per heavy atom. The molecular formula is C16H15F3N5O2+. The van der Waals surface area contributed by atoms with Crippen LogP contribution in [-0.4, -0.2) is 30.1 Å². The molecule has 0 aliphatic rings. The van der Waals surface area contributed by atoms with E-state index >= 15 is 0 Å². The maximum absolute atomic E-state index is 14.4. The molecule has 0 spiro atoms. The van der Waals surface area contributed by atoms with E-state index in [1.807, 2.05) is 0 Å². The van der Waals surface area contributed by atoms with E-state index in [0.717, 1.165) is 24.7 Å². The molecule has 0 aliphatic carbocycles. The Bertz CT molecular complexity index is 922. The standard InChI is InChI=1S/C16H15F3N5O2/c1-10(15-14(19)5-24(26)9-21-15)16(25,6-23-8-20-7-22-23)12-3-2-11(17)4-13(12)18/h2-5,7-10,25-26H,6H2,1H3/q+1/t10-,16?/m0/s1. The van der Waals surface area contributed by atoms with Crippen LogP contribution in [0.3, 0.4) is 0 Å². The number of rotatable bonds is 5. The van der Waals surface area contributed by atoms with Crippen LogP contribution >= 0.6 is 0 Å². The molecule has 2 aromatic heterocycles. The largest absolute Gasteiger partial charge is 0.382 e. The Kier molecular flexibility index (Phi) is 4.60. The third-order valence-electron chi connectivity index (χ3n) is 4.20. The second kappa shape index (κ2) is 6.71. The van der Waals surface area contributed by atoms with Crippen molar-refractivity contribution in [2.45, 2.75) is 25.0 Å². The molecule has 136 valence electrons. The number of aliphatic hydroxyl groups is 1. The quantitative estimate of drug-likeness (QED) is 0.525. The Morgan fingerprint density at radius 1 is 1.27 bits per heavy atom. The van der Waals surface area contributed by atoms with E-state index in [4.69, 9.17) is 0 Å². The van der Waals surface area contributed by atoms with Crippen molar-refractivity contribution in [1.82, 2.24) is 19.7 Å². The fourth-order valence-corrected chi connectivity index (χ4v) is 2.80. The number of hydrogen-bond donors (Lipinski definition) is 2. The minimum absolute atomic E-state index is 0.207. The van der Waals surface area contributed by atoms with Gasteiger partial charge in [-0.15, -0.1) is 0 Å². The topological polar surface area (TPSA) is 87.9 Å². The van der Waals surface area contributed by atoms with Crippen molar-refractivity contribution in [3.8, 4) is 0 Å². The maximum Gasteiger partial charge on any atom is 0.325 e. The van der Waals surface area contributed by atoms with Crippen LogP contribution in [-0.2, 0) is 12.1 Å². The van der Waals surface area contributed by atoms with Crippen LogP contribution in [0, 0.1) is 17.5 Å². The van der Waals surface area contributed by atoms with E-state index in [1.54, 1.807) is 0 Å². The third kappa shape index (κ3) is 3.23. The number of aromatic nitrogens is 5. The van der Waals surface area contributed by atoms with Gasteiger partial charge < -0.3 is 10.3 Å². The van der Waals surface area contributed by atoms with Crippen LogP contribution in [0.15, 0.2) is 43.4 Å². The Balaban J connectivity index is 2.13. The first-order valence-electron chi connectivity index (χ1n) is 7.57. The molecule has 0 fully saturated rings. The van der Waals surface area contributed by atoms with Gasteiger partial charge in [-0.1, -0.05) is 17.7 Å². The first-order chi connectivity index (χ1) is 12.3. The zero-order valence-corrected chi connectivity index (χ0v) is 13.6. The van der Waals surface area contributed by atoms with E-state index in [0.29, 0.717) is 10.8 Å². The lowest BCUT2D eigenvalue weighted by atomic mass is 9.79. The molecule has 0 saturated heterocycles. The molecular weight excluding hydrogens is 351 g/mol. The zero-order valence-electron chi connectivity index (χ0n) is 13.6. The van der Waals surface area contributed by atoms with Crippen molar-refractivity contribution >= 4 is 0 Å². The van der Waals surface area contributed by atoms with Crippen molar-refractivity contribution in [3.63, 3.8) is 0 Å². The van der Waals surface area contributed by atoms with Gasteiger partial charge in [0.25, 0.3) is 0 Å². The van der Waals surface area contributed by atoms with Crippen LogP contribution in [0.4, 0.5) is 13.2 Å². The molecule has 0 aliphatic heterocycles. The lowest BCUT2D eigenvalue weighted by molar-refractivity contribution is -0.907. The highest BCUT2D eigenvalue weighted by molar-refractivity contribution is 5.29. The molecule has 26 heavy (non-hydrogen) atoms. The van der Waals surface area contributed by atoms with Crippen molar-refractivity contribution in [2.75, 3.05) is 0 Å². The van der Waals surface area contributed by atoms with Crippen LogP contribution < -0.4 is 4.73 Å². The molecule has 0 bridgehead atoms. The van der Waals surface area contributed by atoms with Gasteiger partial charge in [0, 0.05) is 11.6 Å². The average molecular weight is 366 g/mol. The molecule has 0 radical (unpaired) electrons. The SMILES string of the molecule is C[C@@H](c1nc[n+](O)cc1F)C(O)(Cn1cncn1)c1ccc(F)cc1F.